The Morgan fingerprint density at radius 1 is 1.15 bits per heavy atom. The SMILES string of the molecule is CCOC(=O)c1c(C)oc2nc(COC(=O)c3ccc(N4CCCS4(=O)=O)cc3)nc(N)c12. The van der Waals surface area contributed by atoms with Crippen molar-refractivity contribution in [3.8, 4) is 0 Å². The van der Waals surface area contributed by atoms with E-state index >= 15 is 0 Å². The number of benzene rings is 1. The van der Waals surface area contributed by atoms with Crippen molar-refractivity contribution in [3.63, 3.8) is 0 Å². The molecule has 0 atom stereocenters. The molecule has 3 heterocycles. The fourth-order valence-corrected chi connectivity index (χ4v) is 5.17. The molecule has 3 aromatic rings. The maximum absolute atomic E-state index is 12.4. The van der Waals surface area contributed by atoms with Gasteiger partial charge in [0, 0.05) is 6.54 Å². The van der Waals surface area contributed by atoms with Crippen molar-refractivity contribution in [2.24, 2.45) is 0 Å². The molecule has 1 aliphatic heterocycles. The van der Waals surface area contributed by atoms with Crippen LogP contribution in [0.5, 0.6) is 0 Å². The highest BCUT2D eigenvalue weighted by Crippen LogP contribution is 2.29. The molecule has 0 saturated carbocycles. The summed E-state index contributed by atoms with van der Waals surface area (Å²) in [7, 11) is -3.30. The monoisotopic (exact) mass is 474 g/mol. The van der Waals surface area contributed by atoms with E-state index in [9.17, 15) is 18.0 Å². The second-order valence-electron chi connectivity index (χ2n) is 7.32. The first-order valence-corrected chi connectivity index (χ1v) is 11.8. The number of furan rings is 1. The topological polar surface area (TPSA) is 155 Å². The van der Waals surface area contributed by atoms with Crippen LogP contribution in [0.3, 0.4) is 0 Å². The van der Waals surface area contributed by atoms with Crippen molar-refractivity contribution in [1.82, 2.24) is 9.97 Å². The van der Waals surface area contributed by atoms with E-state index in [1.807, 2.05) is 0 Å². The molecule has 12 heteroatoms. The van der Waals surface area contributed by atoms with Crippen LogP contribution >= 0.6 is 0 Å². The summed E-state index contributed by atoms with van der Waals surface area (Å²) in [5, 5.41) is 0.244. The van der Waals surface area contributed by atoms with Gasteiger partial charge in [0.05, 0.1) is 29.0 Å². The molecular weight excluding hydrogens is 452 g/mol. The Labute approximate surface area is 189 Å². The van der Waals surface area contributed by atoms with Crippen LogP contribution in [0.2, 0.25) is 0 Å². The van der Waals surface area contributed by atoms with Gasteiger partial charge in [-0.3, -0.25) is 4.31 Å². The minimum atomic E-state index is -3.30. The van der Waals surface area contributed by atoms with E-state index in [4.69, 9.17) is 19.6 Å². The summed E-state index contributed by atoms with van der Waals surface area (Å²) < 4.78 is 41.2. The number of carbonyl (C=O) groups excluding carboxylic acids is 2. The smallest absolute Gasteiger partial charge is 0.342 e. The van der Waals surface area contributed by atoms with Crippen LogP contribution in [-0.2, 0) is 26.1 Å². The molecule has 174 valence electrons. The van der Waals surface area contributed by atoms with Crippen LogP contribution < -0.4 is 10.0 Å². The lowest BCUT2D eigenvalue weighted by Crippen LogP contribution is -2.25. The van der Waals surface area contributed by atoms with Crippen molar-refractivity contribution in [2.45, 2.75) is 26.9 Å². The third kappa shape index (κ3) is 4.33. The highest BCUT2D eigenvalue weighted by molar-refractivity contribution is 7.93. The van der Waals surface area contributed by atoms with Gasteiger partial charge >= 0.3 is 11.9 Å². The highest BCUT2D eigenvalue weighted by Gasteiger charge is 2.28. The lowest BCUT2D eigenvalue weighted by atomic mass is 10.2. The Hall–Kier alpha value is -3.67. The molecule has 33 heavy (non-hydrogen) atoms. The molecule has 0 spiro atoms. The van der Waals surface area contributed by atoms with Gasteiger partial charge in [-0.05, 0) is 44.5 Å². The maximum atomic E-state index is 12.4. The number of nitrogen functional groups attached to an aromatic ring is 1. The van der Waals surface area contributed by atoms with Crippen molar-refractivity contribution >= 4 is 44.6 Å². The third-order valence-electron chi connectivity index (χ3n) is 5.10. The van der Waals surface area contributed by atoms with Gasteiger partial charge in [-0.15, -0.1) is 0 Å². The van der Waals surface area contributed by atoms with E-state index in [-0.39, 0.29) is 52.8 Å². The van der Waals surface area contributed by atoms with Crippen LogP contribution in [0.15, 0.2) is 28.7 Å². The van der Waals surface area contributed by atoms with Gasteiger partial charge in [-0.1, -0.05) is 0 Å². The molecule has 0 aliphatic carbocycles. The summed E-state index contributed by atoms with van der Waals surface area (Å²) in [5.74, 6) is -0.733. The quantitative estimate of drug-likeness (QED) is 0.525. The number of rotatable bonds is 6. The van der Waals surface area contributed by atoms with Gasteiger partial charge < -0.3 is 19.6 Å². The van der Waals surface area contributed by atoms with Crippen LogP contribution in [0.4, 0.5) is 11.5 Å². The number of aryl methyl sites for hydroxylation is 1. The summed E-state index contributed by atoms with van der Waals surface area (Å²) in [6.07, 6.45) is 0.566. The summed E-state index contributed by atoms with van der Waals surface area (Å²) in [5.41, 5.74) is 6.99. The first-order valence-electron chi connectivity index (χ1n) is 10.2. The number of esters is 2. The van der Waals surface area contributed by atoms with Crippen molar-refractivity contribution in [2.75, 3.05) is 28.9 Å². The minimum Gasteiger partial charge on any atom is -0.462 e. The Kier molecular flexibility index (Phi) is 5.93. The lowest BCUT2D eigenvalue weighted by Gasteiger charge is -2.16. The molecule has 1 aliphatic rings. The zero-order valence-electron chi connectivity index (χ0n) is 18.0. The van der Waals surface area contributed by atoms with Crippen LogP contribution in [0, 0.1) is 6.92 Å². The average Bonchev–Trinajstić information content (AvgIpc) is 3.30. The Morgan fingerprint density at radius 3 is 2.52 bits per heavy atom. The van der Waals surface area contributed by atoms with E-state index in [0.29, 0.717) is 24.4 Å². The Bertz CT molecular complexity index is 1330. The van der Waals surface area contributed by atoms with Gasteiger partial charge in [-0.2, -0.15) is 4.98 Å². The molecule has 2 aromatic heterocycles. The van der Waals surface area contributed by atoms with E-state index in [2.05, 4.69) is 9.97 Å². The number of ether oxygens (including phenoxy) is 2. The molecular formula is C21H22N4O7S. The third-order valence-corrected chi connectivity index (χ3v) is 6.97. The molecule has 1 fully saturated rings. The first kappa shape index (κ1) is 22.5. The van der Waals surface area contributed by atoms with Crippen molar-refractivity contribution in [3.05, 3.63) is 47.0 Å². The zero-order valence-corrected chi connectivity index (χ0v) is 18.8. The van der Waals surface area contributed by atoms with Crippen molar-refractivity contribution in [1.29, 1.82) is 0 Å². The number of sulfonamides is 1. The maximum Gasteiger partial charge on any atom is 0.342 e. The fraction of sp³-hybridized carbons (Fsp3) is 0.333. The van der Waals surface area contributed by atoms with Crippen LogP contribution in [-0.4, -0.2) is 49.2 Å². The number of nitrogens with zero attached hydrogens (tertiary/aromatic N) is 3. The second kappa shape index (κ2) is 8.70. The Morgan fingerprint density at radius 2 is 1.88 bits per heavy atom. The number of carbonyl (C=O) groups is 2. The summed E-state index contributed by atoms with van der Waals surface area (Å²) >= 11 is 0. The molecule has 0 unspecified atom stereocenters. The van der Waals surface area contributed by atoms with E-state index in [1.165, 1.54) is 16.4 Å². The van der Waals surface area contributed by atoms with Gasteiger partial charge in [-0.25, -0.2) is 23.0 Å². The standard InChI is InChI=1S/C21H22N4O7S/c1-3-30-21(27)16-12(2)32-19-17(16)18(22)23-15(24-19)11-31-20(26)13-5-7-14(8-6-13)25-9-4-10-33(25,28)29/h5-8H,3-4,9-11H2,1-2H3,(H2,22,23,24). The van der Waals surface area contributed by atoms with Crippen LogP contribution in [0.25, 0.3) is 11.1 Å². The highest BCUT2D eigenvalue weighted by atomic mass is 32.2. The zero-order chi connectivity index (χ0) is 23.8. The molecule has 0 radical (unpaired) electrons. The molecule has 0 bridgehead atoms. The summed E-state index contributed by atoms with van der Waals surface area (Å²) in [6, 6.07) is 6.10. The molecule has 0 amide bonds. The predicted molar refractivity (Wildman–Crippen MR) is 118 cm³/mol. The minimum absolute atomic E-state index is 0.00197. The van der Waals surface area contributed by atoms with E-state index in [1.54, 1.807) is 26.0 Å². The number of hydrogen-bond donors (Lipinski definition) is 1. The van der Waals surface area contributed by atoms with E-state index < -0.39 is 22.0 Å². The molecule has 1 saturated heterocycles. The van der Waals surface area contributed by atoms with Crippen molar-refractivity contribution < 1.29 is 31.9 Å². The predicted octanol–water partition coefficient (Wildman–Crippen LogP) is 2.19. The molecule has 11 nitrogen and oxygen atoms in total. The molecule has 1 aromatic carbocycles. The fourth-order valence-electron chi connectivity index (χ4n) is 3.60. The van der Waals surface area contributed by atoms with Gasteiger partial charge in [0.2, 0.25) is 15.7 Å². The van der Waals surface area contributed by atoms with E-state index in [0.717, 1.165) is 0 Å². The molecule has 4 rings (SSSR count). The number of nitrogens with two attached hydrogens (primary N) is 1. The summed E-state index contributed by atoms with van der Waals surface area (Å²) in [6.45, 7) is 3.59. The van der Waals surface area contributed by atoms with Gasteiger partial charge in [0.15, 0.2) is 12.4 Å². The normalized spacial score (nSPS) is 15.0. The van der Waals surface area contributed by atoms with Crippen LogP contribution in [0.1, 0.15) is 45.6 Å². The first-order chi connectivity index (χ1) is 15.7. The average molecular weight is 474 g/mol. The second-order valence-corrected chi connectivity index (χ2v) is 9.34. The lowest BCUT2D eigenvalue weighted by molar-refractivity contribution is 0.0461. The Balaban J connectivity index is 1.48. The van der Waals surface area contributed by atoms with Gasteiger partial charge in [0.1, 0.15) is 17.1 Å². The molecule has 2 N–H and O–H groups in total. The largest absolute Gasteiger partial charge is 0.462 e. The number of anilines is 2. The number of fused-ring (bicyclic) bond motifs is 1. The number of aromatic nitrogens is 2. The summed E-state index contributed by atoms with van der Waals surface area (Å²) in [4.78, 5) is 32.9. The van der Waals surface area contributed by atoms with Gasteiger partial charge in [0.25, 0.3) is 0 Å². The number of hydrogen-bond acceptors (Lipinski definition) is 10.